The van der Waals surface area contributed by atoms with E-state index in [0.29, 0.717) is 5.92 Å². The first-order chi connectivity index (χ1) is 11.7. The molecule has 4 aliphatic rings. The highest BCUT2D eigenvalue weighted by Crippen LogP contribution is 2.37. The normalized spacial score (nSPS) is 30.2. The molecular formula is C19H29NO4. The van der Waals surface area contributed by atoms with Gasteiger partial charge in [-0.3, -0.25) is 4.79 Å². The summed E-state index contributed by atoms with van der Waals surface area (Å²) < 4.78 is 17.7. The van der Waals surface area contributed by atoms with Crippen LogP contribution >= 0.6 is 0 Å². The van der Waals surface area contributed by atoms with E-state index in [1.165, 1.54) is 0 Å². The lowest BCUT2D eigenvalue weighted by molar-refractivity contribution is -0.201. The Balaban J connectivity index is 1.24. The Morgan fingerprint density at radius 1 is 1.25 bits per heavy atom. The molecule has 0 radical (unpaired) electrons. The Morgan fingerprint density at radius 2 is 2.08 bits per heavy atom. The number of rotatable bonds is 4. The molecule has 0 N–H and O–H groups in total. The zero-order valence-electron chi connectivity index (χ0n) is 14.5. The standard InChI is InChI=1S/C19H29NO4/c21-18(16-3-1-2-4-16)20-13-19(14-20)11-17(7-10-24-19)23-12-15-5-8-22-9-6-15/h3,15,17H,1-2,4-14H2/t17-/m1/s1. The molecule has 134 valence electrons. The number of allylic oxidation sites excluding steroid dienone is 1. The maximum absolute atomic E-state index is 12.4. The highest BCUT2D eigenvalue weighted by molar-refractivity contribution is 5.94. The maximum atomic E-state index is 12.4. The Bertz CT molecular complexity index is 492. The highest BCUT2D eigenvalue weighted by Gasteiger charge is 2.50. The number of carbonyl (C=O) groups excluding carboxylic acids is 1. The second-order valence-corrected chi connectivity index (χ2v) is 7.82. The number of hydrogen-bond acceptors (Lipinski definition) is 4. The second-order valence-electron chi connectivity index (χ2n) is 7.82. The van der Waals surface area contributed by atoms with Gasteiger partial charge in [0, 0.05) is 38.4 Å². The van der Waals surface area contributed by atoms with Gasteiger partial charge in [-0.15, -0.1) is 0 Å². The molecule has 0 aromatic carbocycles. The number of nitrogens with zero attached hydrogens (tertiary/aromatic N) is 1. The molecule has 0 aromatic rings. The van der Waals surface area contributed by atoms with Crippen molar-refractivity contribution in [2.45, 2.75) is 56.7 Å². The van der Waals surface area contributed by atoms with Crippen molar-refractivity contribution in [3.05, 3.63) is 11.6 Å². The summed E-state index contributed by atoms with van der Waals surface area (Å²) in [6, 6.07) is 0. The molecule has 1 aliphatic carbocycles. The van der Waals surface area contributed by atoms with E-state index in [0.717, 1.165) is 90.0 Å². The minimum absolute atomic E-state index is 0.145. The molecule has 1 atom stereocenters. The van der Waals surface area contributed by atoms with Crippen LogP contribution in [-0.4, -0.2) is 62.0 Å². The maximum Gasteiger partial charge on any atom is 0.249 e. The molecule has 0 unspecified atom stereocenters. The number of likely N-dealkylation sites (tertiary alicyclic amines) is 1. The first kappa shape index (κ1) is 16.6. The van der Waals surface area contributed by atoms with Crippen LogP contribution in [0.2, 0.25) is 0 Å². The lowest BCUT2D eigenvalue weighted by Crippen LogP contribution is -2.67. The van der Waals surface area contributed by atoms with E-state index in [2.05, 4.69) is 6.08 Å². The summed E-state index contributed by atoms with van der Waals surface area (Å²) in [4.78, 5) is 14.4. The molecule has 3 aliphatic heterocycles. The van der Waals surface area contributed by atoms with Crippen molar-refractivity contribution in [3.63, 3.8) is 0 Å². The van der Waals surface area contributed by atoms with Gasteiger partial charge in [-0.2, -0.15) is 0 Å². The smallest absolute Gasteiger partial charge is 0.249 e. The van der Waals surface area contributed by atoms with Crippen molar-refractivity contribution in [2.24, 2.45) is 5.92 Å². The molecular weight excluding hydrogens is 306 g/mol. The van der Waals surface area contributed by atoms with Crippen LogP contribution < -0.4 is 0 Å². The molecule has 0 aromatic heterocycles. The number of carbonyl (C=O) groups is 1. The summed E-state index contributed by atoms with van der Waals surface area (Å²) in [5.74, 6) is 0.873. The fourth-order valence-corrected chi connectivity index (χ4v) is 4.39. The number of hydrogen-bond donors (Lipinski definition) is 0. The third-order valence-corrected chi connectivity index (χ3v) is 5.92. The van der Waals surface area contributed by atoms with Crippen LogP contribution in [-0.2, 0) is 19.0 Å². The van der Waals surface area contributed by atoms with Gasteiger partial charge in [0.25, 0.3) is 0 Å². The SMILES string of the molecule is O=C(C1=CCCC1)N1CC2(C[C@H](OCC3CCOCC3)CCO2)C1. The summed E-state index contributed by atoms with van der Waals surface area (Å²) in [6.45, 7) is 4.82. The monoisotopic (exact) mass is 335 g/mol. The summed E-state index contributed by atoms with van der Waals surface area (Å²) in [5.41, 5.74) is 0.862. The van der Waals surface area contributed by atoms with Crippen LogP contribution in [0.15, 0.2) is 11.6 Å². The van der Waals surface area contributed by atoms with Gasteiger partial charge < -0.3 is 19.1 Å². The summed E-state index contributed by atoms with van der Waals surface area (Å²) in [6.07, 6.45) is 9.65. The molecule has 1 amide bonds. The van der Waals surface area contributed by atoms with E-state index in [1.807, 2.05) is 4.90 Å². The molecule has 5 heteroatoms. The fraction of sp³-hybridized carbons (Fsp3) is 0.842. The van der Waals surface area contributed by atoms with E-state index in [9.17, 15) is 4.79 Å². The van der Waals surface area contributed by atoms with Gasteiger partial charge in [0.15, 0.2) is 0 Å². The highest BCUT2D eigenvalue weighted by atomic mass is 16.5. The van der Waals surface area contributed by atoms with Gasteiger partial charge in [-0.1, -0.05) is 6.08 Å². The van der Waals surface area contributed by atoms with Crippen molar-refractivity contribution in [1.82, 2.24) is 4.90 Å². The summed E-state index contributed by atoms with van der Waals surface area (Å²) in [7, 11) is 0. The molecule has 5 nitrogen and oxygen atoms in total. The van der Waals surface area contributed by atoms with Crippen LogP contribution in [0.5, 0.6) is 0 Å². The molecule has 3 saturated heterocycles. The zero-order chi connectivity index (χ0) is 16.4. The van der Waals surface area contributed by atoms with Crippen molar-refractivity contribution >= 4 is 5.91 Å². The van der Waals surface area contributed by atoms with Crippen molar-refractivity contribution < 1.29 is 19.0 Å². The third-order valence-electron chi connectivity index (χ3n) is 5.92. The first-order valence-electron chi connectivity index (χ1n) is 9.56. The van der Waals surface area contributed by atoms with Crippen molar-refractivity contribution in [3.8, 4) is 0 Å². The fourth-order valence-electron chi connectivity index (χ4n) is 4.39. The molecule has 4 rings (SSSR count). The Kier molecular flexibility index (Phi) is 4.93. The second kappa shape index (κ2) is 7.14. The molecule has 3 heterocycles. The average molecular weight is 335 g/mol. The summed E-state index contributed by atoms with van der Waals surface area (Å²) in [5, 5.41) is 0. The Morgan fingerprint density at radius 3 is 2.83 bits per heavy atom. The van der Waals surface area contributed by atoms with Gasteiger partial charge in [-0.05, 0) is 44.4 Å². The van der Waals surface area contributed by atoms with Gasteiger partial charge in [0.1, 0.15) is 5.60 Å². The van der Waals surface area contributed by atoms with Crippen LogP contribution in [0.25, 0.3) is 0 Å². The lowest BCUT2D eigenvalue weighted by atomic mass is 9.84. The van der Waals surface area contributed by atoms with Gasteiger partial charge in [-0.25, -0.2) is 0 Å². The predicted molar refractivity (Wildman–Crippen MR) is 89.7 cm³/mol. The van der Waals surface area contributed by atoms with Crippen LogP contribution in [0, 0.1) is 5.92 Å². The molecule has 0 bridgehead atoms. The van der Waals surface area contributed by atoms with E-state index in [4.69, 9.17) is 14.2 Å². The Hall–Kier alpha value is -0.910. The van der Waals surface area contributed by atoms with Gasteiger partial charge >= 0.3 is 0 Å². The minimum Gasteiger partial charge on any atom is -0.381 e. The van der Waals surface area contributed by atoms with E-state index >= 15 is 0 Å². The van der Waals surface area contributed by atoms with Crippen LogP contribution in [0.4, 0.5) is 0 Å². The van der Waals surface area contributed by atoms with Crippen LogP contribution in [0.1, 0.15) is 44.9 Å². The van der Waals surface area contributed by atoms with E-state index < -0.39 is 0 Å². The number of amides is 1. The molecule has 0 saturated carbocycles. The average Bonchev–Trinajstić information content (AvgIpc) is 3.13. The first-order valence-corrected chi connectivity index (χ1v) is 9.56. The molecule has 24 heavy (non-hydrogen) atoms. The van der Waals surface area contributed by atoms with E-state index in [-0.39, 0.29) is 17.6 Å². The van der Waals surface area contributed by atoms with Gasteiger partial charge in [0.2, 0.25) is 5.91 Å². The lowest BCUT2D eigenvalue weighted by Gasteiger charge is -2.53. The largest absolute Gasteiger partial charge is 0.381 e. The van der Waals surface area contributed by atoms with E-state index in [1.54, 1.807) is 0 Å². The van der Waals surface area contributed by atoms with Gasteiger partial charge in [0.05, 0.1) is 19.2 Å². The third kappa shape index (κ3) is 3.53. The zero-order valence-corrected chi connectivity index (χ0v) is 14.5. The summed E-state index contributed by atoms with van der Waals surface area (Å²) >= 11 is 0. The molecule has 1 spiro atoms. The molecule has 3 fully saturated rings. The predicted octanol–water partition coefficient (Wildman–Crippen LogP) is 2.30. The topological polar surface area (TPSA) is 48.0 Å². The quantitative estimate of drug-likeness (QED) is 0.791. The minimum atomic E-state index is -0.145. The van der Waals surface area contributed by atoms with Crippen molar-refractivity contribution in [2.75, 3.05) is 39.5 Å². The number of ether oxygens (including phenoxy) is 3. The van der Waals surface area contributed by atoms with Crippen molar-refractivity contribution in [1.29, 1.82) is 0 Å². The Labute approximate surface area is 144 Å². The van der Waals surface area contributed by atoms with Crippen LogP contribution in [0.3, 0.4) is 0 Å².